The average Bonchev–Trinajstić information content (AvgIpc) is 2.83. The van der Waals surface area contributed by atoms with Crippen LogP contribution in [0.1, 0.15) is 16.2 Å². The average molecular weight is 232 g/mol. The number of methoxy groups -OCH3 is 1. The van der Waals surface area contributed by atoms with Crippen molar-refractivity contribution in [2.24, 2.45) is 0 Å². The zero-order valence-electron chi connectivity index (χ0n) is 9.52. The van der Waals surface area contributed by atoms with Crippen LogP contribution in [0.2, 0.25) is 0 Å². The molecule has 0 unspecified atom stereocenters. The van der Waals surface area contributed by atoms with Crippen LogP contribution in [-0.2, 0) is 0 Å². The number of aromatic nitrogens is 3. The zero-order chi connectivity index (χ0) is 12.3. The van der Waals surface area contributed by atoms with Crippen molar-refractivity contribution in [1.29, 1.82) is 0 Å². The number of aryl methyl sites for hydroxylation is 1. The standard InChI is InChI=1S/C11H12N4O2/c1-7-3-4-9(17-2)8(5-7)14-11(16)10-12-6-13-15-10/h3-6H,1-2H3,(H,14,16)(H,12,13,15). The van der Waals surface area contributed by atoms with Crippen LogP contribution in [0.3, 0.4) is 0 Å². The molecule has 88 valence electrons. The van der Waals surface area contributed by atoms with Crippen LogP contribution < -0.4 is 10.1 Å². The zero-order valence-corrected chi connectivity index (χ0v) is 9.52. The highest BCUT2D eigenvalue weighted by molar-refractivity contribution is 6.02. The van der Waals surface area contributed by atoms with E-state index < -0.39 is 0 Å². The first-order valence-corrected chi connectivity index (χ1v) is 5.02. The van der Waals surface area contributed by atoms with Crippen molar-refractivity contribution in [3.8, 4) is 5.75 Å². The monoisotopic (exact) mass is 232 g/mol. The molecule has 0 aliphatic rings. The summed E-state index contributed by atoms with van der Waals surface area (Å²) < 4.78 is 5.16. The van der Waals surface area contributed by atoms with Crippen LogP contribution >= 0.6 is 0 Å². The Kier molecular flexibility index (Phi) is 3.04. The van der Waals surface area contributed by atoms with Crippen molar-refractivity contribution in [3.63, 3.8) is 0 Å². The van der Waals surface area contributed by atoms with E-state index in [0.29, 0.717) is 11.4 Å². The van der Waals surface area contributed by atoms with Crippen molar-refractivity contribution in [1.82, 2.24) is 15.2 Å². The highest BCUT2D eigenvalue weighted by Crippen LogP contribution is 2.25. The van der Waals surface area contributed by atoms with E-state index in [0.717, 1.165) is 5.56 Å². The number of H-pyrrole nitrogens is 1. The molecule has 0 saturated carbocycles. The number of nitrogens with zero attached hydrogens (tertiary/aromatic N) is 2. The van der Waals surface area contributed by atoms with Gasteiger partial charge in [-0.25, -0.2) is 4.98 Å². The molecular weight excluding hydrogens is 220 g/mol. The summed E-state index contributed by atoms with van der Waals surface area (Å²) in [6.07, 6.45) is 1.28. The van der Waals surface area contributed by atoms with Gasteiger partial charge in [0.05, 0.1) is 12.8 Å². The van der Waals surface area contributed by atoms with Gasteiger partial charge in [-0.1, -0.05) is 6.07 Å². The van der Waals surface area contributed by atoms with Crippen molar-refractivity contribution < 1.29 is 9.53 Å². The minimum Gasteiger partial charge on any atom is -0.495 e. The number of rotatable bonds is 3. The number of hydrogen-bond donors (Lipinski definition) is 2. The van der Waals surface area contributed by atoms with Crippen molar-refractivity contribution in [2.45, 2.75) is 6.92 Å². The fraction of sp³-hybridized carbons (Fsp3) is 0.182. The fourth-order valence-corrected chi connectivity index (χ4v) is 1.42. The molecule has 0 aliphatic carbocycles. The SMILES string of the molecule is COc1ccc(C)cc1NC(=O)c1ncn[nH]1. The molecule has 0 spiro atoms. The molecule has 6 nitrogen and oxygen atoms in total. The van der Waals surface area contributed by atoms with E-state index in [1.165, 1.54) is 6.33 Å². The Morgan fingerprint density at radius 3 is 2.94 bits per heavy atom. The lowest BCUT2D eigenvalue weighted by atomic mass is 10.2. The van der Waals surface area contributed by atoms with E-state index >= 15 is 0 Å². The predicted molar refractivity (Wildman–Crippen MR) is 62.1 cm³/mol. The minimum absolute atomic E-state index is 0.161. The van der Waals surface area contributed by atoms with Crippen molar-refractivity contribution in [3.05, 3.63) is 35.9 Å². The van der Waals surface area contributed by atoms with E-state index in [2.05, 4.69) is 20.5 Å². The second kappa shape index (κ2) is 4.65. The minimum atomic E-state index is -0.355. The third kappa shape index (κ3) is 2.41. The van der Waals surface area contributed by atoms with Gasteiger partial charge in [0.25, 0.3) is 5.91 Å². The smallest absolute Gasteiger partial charge is 0.293 e. The maximum atomic E-state index is 11.8. The number of anilines is 1. The van der Waals surface area contributed by atoms with Crippen LogP contribution in [0, 0.1) is 6.92 Å². The summed E-state index contributed by atoms with van der Waals surface area (Å²) in [5.74, 6) is 0.406. The van der Waals surface area contributed by atoms with Gasteiger partial charge in [0.15, 0.2) is 0 Å². The summed E-state index contributed by atoms with van der Waals surface area (Å²) in [6, 6.07) is 5.53. The molecule has 0 radical (unpaired) electrons. The van der Waals surface area contributed by atoms with Gasteiger partial charge in [-0.3, -0.25) is 9.89 Å². The fourth-order valence-electron chi connectivity index (χ4n) is 1.42. The molecule has 1 amide bonds. The van der Waals surface area contributed by atoms with E-state index in [4.69, 9.17) is 4.74 Å². The normalized spacial score (nSPS) is 10.0. The lowest BCUT2D eigenvalue weighted by Gasteiger charge is -2.09. The van der Waals surface area contributed by atoms with Crippen molar-refractivity contribution >= 4 is 11.6 Å². The molecule has 17 heavy (non-hydrogen) atoms. The largest absolute Gasteiger partial charge is 0.495 e. The molecule has 0 saturated heterocycles. The lowest BCUT2D eigenvalue weighted by molar-refractivity contribution is 0.101. The Balaban J connectivity index is 2.23. The molecule has 2 aromatic rings. The summed E-state index contributed by atoms with van der Waals surface area (Å²) in [4.78, 5) is 15.5. The molecule has 2 rings (SSSR count). The number of nitrogens with one attached hydrogen (secondary N) is 2. The molecule has 2 N–H and O–H groups in total. The third-order valence-electron chi connectivity index (χ3n) is 2.23. The van der Waals surface area contributed by atoms with Crippen LogP contribution in [-0.4, -0.2) is 28.2 Å². The molecule has 6 heteroatoms. The highest BCUT2D eigenvalue weighted by Gasteiger charge is 2.11. The first-order valence-electron chi connectivity index (χ1n) is 5.02. The van der Waals surface area contributed by atoms with Crippen LogP contribution in [0.15, 0.2) is 24.5 Å². The molecule has 1 heterocycles. The topological polar surface area (TPSA) is 79.9 Å². The van der Waals surface area contributed by atoms with E-state index in [1.807, 2.05) is 19.1 Å². The van der Waals surface area contributed by atoms with Crippen LogP contribution in [0.5, 0.6) is 5.75 Å². The maximum Gasteiger partial charge on any atom is 0.293 e. The lowest BCUT2D eigenvalue weighted by Crippen LogP contribution is -2.14. The van der Waals surface area contributed by atoms with E-state index in [1.54, 1.807) is 13.2 Å². The molecule has 1 aromatic heterocycles. The van der Waals surface area contributed by atoms with Gasteiger partial charge in [-0.2, -0.15) is 5.10 Å². The molecule has 0 bridgehead atoms. The third-order valence-corrected chi connectivity index (χ3v) is 2.23. The van der Waals surface area contributed by atoms with Gasteiger partial charge in [-0.05, 0) is 24.6 Å². The Morgan fingerprint density at radius 2 is 2.29 bits per heavy atom. The van der Waals surface area contributed by atoms with Gasteiger partial charge in [0, 0.05) is 0 Å². The Labute approximate surface area is 98.0 Å². The number of ether oxygens (including phenoxy) is 1. The second-order valence-corrected chi connectivity index (χ2v) is 3.49. The van der Waals surface area contributed by atoms with Gasteiger partial charge >= 0.3 is 0 Å². The Bertz CT molecular complexity index is 522. The molecule has 0 atom stereocenters. The molecule has 1 aromatic carbocycles. The highest BCUT2D eigenvalue weighted by atomic mass is 16.5. The summed E-state index contributed by atoms with van der Waals surface area (Å²) in [5.41, 5.74) is 1.63. The van der Waals surface area contributed by atoms with E-state index in [9.17, 15) is 4.79 Å². The maximum absolute atomic E-state index is 11.8. The first kappa shape index (κ1) is 11.1. The van der Waals surface area contributed by atoms with Gasteiger partial charge in [-0.15, -0.1) is 0 Å². The van der Waals surface area contributed by atoms with Gasteiger partial charge < -0.3 is 10.1 Å². The van der Waals surface area contributed by atoms with Gasteiger partial charge in [0.2, 0.25) is 5.82 Å². The number of hydrogen-bond acceptors (Lipinski definition) is 4. The van der Waals surface area contributed by atoms with E-state index in [-0.39, 0.29) is 11.7 Å². The molecular formula is C11H12N4O2. The van der Waals surface area contributed by atoms with Crippen LogP contribution in [0.25, 0.3) is 0 Å². The number of carbonyl (C=O) groups excluding carboxylic acids is 1. The van der Waals surface area contributed by atoms with Gasteiger partial charge in [0.1, 0.15) is 12.1 Å². The number of aromatic amines is 1. The summed E-state index contributed by atoms with van der Waals surface area (Å²) >= 11 is 0. The predicted octanol–water partition coefficient (Wildman–Crippen LogP) is 1.37. The number of benzene rings is 1. The van der Waals surface area contributed by atoms with Crippen molar-refractivity contribution in [2.75, 3.05) is 12.4 Å². The second-order valence-electron chi connectivity index (χ2n) is 3.49. The summed E-state index contributed by atoms with van der Waals surface area (Å²) in [6.45, 7) is 1.93. The Hall–Kier alpha value is -2.37. The number of carbonyl (C=O) groups is 1. The first-order chi connectivity index (χ1) is 8.20. The van der Waals surface area contributed by atoms with Crippen LogP contribution in [0.4, 0.5) is 5.69 Å². The summed E-state index contributed by atoms with van der Waals surface area (Å²) in [7, 11) is 1.55. The number of amides is 1. The molecule has 0 fully saturated rings. The quantitative estimate of drug-likeness (QED) is 0.837. The Morgan fingerprint density at radius 1 is 1.47 bits per heavy atom. The summed E-state index contributed by atoms with van der Waals surface area (Å²) in [5, 5.41) is 8.82. The molecule has 0 aliphatic heterocycles.